The zero-order valence-corrected chi connectivity index (χ0v) is 27.4. The van der Waals surface area contributed by atoms with E-state index in [2.05, 4.69) is 5.32 Å². The number of para-hydroxylation sites is 2. The third-order valence-corrected chi connectivity index (χ3v) is 9.06. The van der Waals surface area contributed by atoms with Crippen LogP contribution in [0.25, 0.3) is 0 Å². The van der Waals surface area contributed by atoms with Gasteiger partial charge >= 0.3 is 0 Å². The molecule has 1 atom stereocenters. The lowest BCUT2D eigenvalue weighted by Gasteiger charge is -2.33. The van der Waals surface area contributed by atoms with Crippen LogP contribution in [0.4, 0.5) is 5.69 Å². The van der Waals surface area contributed by atoms with Crippen LogP contribution < -0.4 is 19.1 Å². The van der Waals surface area contributed by atoms with Gasteiger partial charge in [0.2, 0.25) is 11.8 Å². The van der Waals surface area contributed by atoms with E-state index in [1.54, 1.807) is 81.6 Å². The number of ether oxygens (including phenoxy) is 2. The van der Waals surface area contributed by atoms with Crippen molar-refractivity contribution in [2.24, 2.45) is 0 Å². The summed E-state index contributed by atoms with van der Waals surface area (Å²) in [5.74, 6) is 0.0638. The molecular formula is C32H41N3O6S2. The summed E-state index contributed by atoms with van der Waals surface area (Å²) >= 11 is 1.49. The molecule has 0 aliphatic rings. The van der Waals surface area contributed by atoms with Crippen LogP contribution in [-0.2, 0) is 26.2 Å². The molecule has 2 amide bonds. The Hall–Kier alpha value is -3.70. The lowest BCUT2D eigenvalue weighted by molar-refractivity contribution is -0.140. The minimum absolute atomic E-state index is 0.0321. The molecule has 3 aromatic carbocycles. The Bertz CT molecular complexity index is 1490. The van der Waals surface area contributed by atoms with Crippen molar-refractivity contribution in [3.05, 3.63) is 78.4 Å². The topological polar surface area (TPSA) is 105 Å². The highest BCUT2D eigenvalue weighted by Crippen LogP contribution is 2.33. The van der Waals surface area contributed by atoms with Crippen molar-refractivity contribution >= 4 is 39.3 Å². The zero-order valence-electron chi connectivity index (χ0n) is 25.8. The molecule has 1 N–H and O–H groups in total. The molecule has 0 saturated carbocycles. The van der Waals surface area contributed by atoms with E-state index in [4.69, 9.17) is 9.47 Å². The van der Waals surface area contributed by atoms with Crippen LogP contribution in [-0.4, -0.2) is 63.2 Å². The van der Waals surface area contributed by atoms with Crippen LogP contribution in [0.15, 0.2) is 82.6 Å². The average molecular weight is 628 g/mol. The Morgan fingerprint density at radius 2 is 1.60 bits per heavy atom. The van der Waals surface area contributed by atoms with E-state index in [1.807, 2.05) is 27.0 Å². The molecule has 0 saturated heterocycles. The van der Waals surface area contributed by atoms with Crippen LogP contribution >= 0.6 is 11.8 Å². The number of hydrogen-bond acceptors (Lipinski definition) is 7. The molecule has 0 aliphatic carbocycles. The third kappa shape index (κ3) is 8.90. The van der Waals surface area contributed by atoms with Gasteiger partial charge in [0.05, 0.1) is 24.3 Å². The van der Waals surface area contributed by atoms with Gasteiger partial charge in [-0.05, 0) is 95.0 Å². The van der Waals surface area contributed by atoms with Gasteiger partial charge in [-0.3, -0.25) is 13.9 Å². The minimum Gasteiger partial charge on any atom is -0.497 e. The van der Waals surface area contributed by atoms with E-state index in [0.29, 0.717) is 18.1 Å². The van der Waals surface area contributed by atoms with E-state index >= 15 is 0 Å². The normalized spacial score (nSPS) is 12.3. The molecule has 232 valence electrons. The Morgan fingerprint density at radius 1 is 0.977 bits per heavy atom. The Balaban J connectivity index is 2.09. The number of benzene rings is 3. The summed E-state index contributed by atoms with van der Waals surface area (Å²) in [6.45, 7) is 8.82. The predicted octanol–water partition coefficient (Wildman–Crippen LogP) is 5.34. The molecule has 3 rings (SSSR count). The minimum atomic E-state index is -4.23. The molecule has 11 heteroatoms. The number of nitrogens with zero attached hydrogens (tertiary/aromatic N) is 2. The van der Waals surface area contributed by atoms with Crippen molar-refractivity contribution in [3.63, 3.8) is 0 Å². The summed E-state index contributed by atoms with van der Waals surface area (Å²) in [5, 5.41) is 2.93. The number of carbonyl (C=O) groups excluding carboxylic acids is 2. The number of amides is 2. The maximum absolute atomic E-state index is 14.2. The number of nitrogens with one attached hydrogen (secondary N) is 1. The molecular weight excluding hydrogens is 587 g/mol. The molecule has 0 bridgehead atoms. The zero-order chi connectivity index (χ0) is 31.8. The first-order chi connectivity index (χ1) is 20.3. The largest absolute Gasteiger partial charge is 0.497 e. The predicted molar refractivity (Wildman–Crippen MR) is 171 cm³/mol. The van der Waals surface area contributed by atoms with Gasteiger partial charge in [0.15, 0.2) is 0 Å². The lowest BCUT2D eigenvalue weighted by Crippen LogP contribution is -2.54. The van der Waals surface area contributed by atoms with Crippen molar-refractivity contribution in [3.8, 4) is 11.5 Å². The monoisotopic (exact) mass is 627 g/mol. The summed E-state index contributed by atoms with van der Waals surface area (Å²) in [6.07, 6.45) is 1.90. The molecule has 0 aliphatic heterocycles. The van der Waals surface area contributed by atoms with E-state index < -0.39 is 34.1 Å². The second-order valence-electron chi connectivity index (χ2n) is 10.9. The number of methoxy groups -OCH3 is 1. The second kappa shape index (κ2) is 14.7. The standard InChI is InChI=1S/C32H41N3O6S2/c1-8-41-29-12-10-9-11-28(29)35(43(38,39)27-19-17-26(42-7)18-20-27)22-30(36)34(23(2)31(37)33-32(3,4)5)21-24-13-15-25(40-6)16-14-24/h9-20,23H,8,21-22H2,1-7H3,(H,33,37)/t23-/m1/s1. The van der Waals surface area contributed by atoms with Crippen molar-refractivity contribution in [1.82, 2.24) is 10.2 Å². The fraction of sp³-hybridized carbons (Fsp3) is 0.375. The Labute approximate surface area is 259 Å². The maximum atomic E-state index is 14.2. The van der Waals surface area contributed by atoms with Crippen LogP contribution in [0.3, 0.4) is 0 Å². The van der Waals surface area contributed by atoms with Gasteiger partial charge in [-0.15, -0.1) is 11.8 Å². The van der Waals surface area contributed by atoms with Gasteiger partial charge < -0.3 is 19.7 Å². The second-order valence-corrected chi connectivity index (χ2v) is 13.6. The van der Waals surface area contributed by atoms with Crippen LogP contribution in [0.1, 0.15) is 40.2 Å². The molecule has 0 aromatic heterocycles. The van der Waals surface area contributed by atoms with Gasteiger partial charge in [-0.25, -0.2) is 8.42 Å². The SMILES string of the molecule is CCOc1ccccc1N(CC(=O)N(Cc1ccc(OC)cc1)[C@H](C)C(=O)NC(C)(C)C)S(=O)(=O)c1ccc(SC)cc1. The highest BCUT2D eigenvalue weighted by Gasteiger charge is 2.34. The van der Waals surface area contributed by atoms with E-state index in [0.717, 1.165) is 14.8 Å². The highest BCUT2D eigenvalue weighted by molar-refractivity contribution is 7.98. The number of hydrogen-bond donors (Lipinski definition) is 1. The fourth-order valence-electron chi connectivity index (χ4n) is 4.31. The molecule has 0 unspecified atom stereocenters. The molecule has 0 spiro atoms. The molecule has 0 fully saturated rings. The maximum Gasteiger partial charge on any atom is 0.264 e. The van der Waals surface area contributed by atoms with Gasteiger partial charge in [0, 0.05) is 17.0 Å². The van der Waals surface area contributed by atoms with E-state index in [9.17, 15) is 18.0 Å². The number of thioether (sulfide) groups is 1. The van der Waals surface area contributed by atoms with Crippen molar-refractivity contribution in [1.29, 1.82) is 0 Å². The van der Waals surface area contributed by atoms with Gasteiger partial charge in [0.1, 0.15) is 24.1 Å². The van der Waals surface area contributed by atoms with Crippen molar-refractivity contribution in [2.75, 3.05) is 30.8 Å². The first-order valence-electron chi connectivity index (χ1n) is 13.9. The van der Waals surface area contributed by atoms with E-state index in [-0.39, 0.29) is 23.0 Å². The summed E-state index contributed by atoms with van der Waals surface area (Å²) in [4.78, 5) is 29.8. The van der Waals surface area contributed by atoms with Crippen LogP contribution in [0, 0.1) is 0 Å². The third-order valence-electron chi connectivity index (χ3n) is 6.54. The first kappa shape index (κ1) is 33.8. The van der Waals surface area contributed by atoms with Gasteiger partial charge in [-0.2, -0.15) is 0 Å². The molecule has 43 heavy (non-hydrogen) atoms. The number of anilines is 1. The fourth-order valence-corrected chi connectivity index (χ4v) is 6.15. The van der Waals surface area contributed by atoms with Crippen molar-refractivity contribution in [2.45, 2.75) is 62.5 Å². The number of carbonyl (C=O) groups is 2. The number of sulfonamides is 1. The summed E-state index contributed by atoms with van der Waals surface area (Å²) < 4.78 is 40.4. The molecule has 0 heterocycles. The van der Waals surface area contributed by atoms with Gasteiger partial charge in [-0.1, -0.05) is 24.3 Å². The van der Waals surface area contributed by atoms with Crippen molar-refractivity contribution < 1.29 is 27.5 Å². The number of rotatable bonds is 13. The smallest absolute Gasteiger partial charge is 0.264 e. The Kier molecular flexibility index (Phi) is 11.5. The lowest BCUT2D eigenvalue weighted by atomic mass is 10.1. The van der Waals surface area contributed by atoms with Crippen LogP contribution in [0.5, 0.6) is 11.5 Å². The quantitative estimate of drug-likeness (QED) is 0.255. The summed E-state index contributed by atoms with van der Waals surface area (Å²) in [5.41, 5.74) is 0.443. The Morgan fingerprint density at radius 3 is 2.16 bits per heavy atom. The molecule has 3 aromatic rings. The molecule has 9 nitrogen and oxygen atoms in total. The van der Waals surface area contributed by atoms with Gasteiger partial charge in [0.25, 0.3) is 10.0 Å². The first-order valence-corrected chi connectivity index (χ1v) is 16.6. The average Bonchev–Trinajstić information content (AvgIpc) is 2.98. The summed E-state index contributed by atoms with van der Waals surface area (Å²) in [6, 6.07) is 19.4. The molecule has 0 radical (unpaired) electrons. The van der Waals surface area contributed by atoms with E-state index in [1.165, 1.54) is 28.8 Å². The van der Waals surface area contributed by atoms with Crippen LogP contribution in [0.2, 0.25) is 0 Å². The highest BCUT2D eigenvalue weighted by atomic mass is 32.2. The summed E-state index contributed by atoms with van der Waals surface area (Å²) in [7, 11) is -2.66.